The quantitative estimate of drug-likeness (QED) is 0.777. The number of hydrogen-bond donors (Lipinski definition) is 1. The summed E-state index contributed by atoms with van der Waals surface area (Å²) in [6.45, 7) is 7.93. The maximum Gasteiger partial charge on any atom is 0.0639 e. The lowest BCUT2D eigenvalue weighted by Gasteiger charge is -2.23. The molecule has 1 saturated heterocycles. The van der Waals surface area contributed by atoms with Crippen LogP contribution in [-0.2, 0) is 4.74 Å². The molecule has 2 fully saturated rings. The maximum absolute atomic E-state index is 5.81. The van der Waals surface area contributed by atoms with Gasteiger partial charge in [-0.05, 0) is 43.6 Å². The number of hydrogen-bond acceptors (Lipinski definition) is 2. The summed E-state index contributed by atoms with van der Waals surface area (Å²) in [5, 5.41) is 3.67. The van der Waals surface area contributed by atoms with Gasteiger partial charge in [0, 0.05) is 13.2 Å². The second-order valence-corrected chi connectivity index (χ2v) is 5.94. The van der Waals surface area contributed by atoms with E-state index < -0.39 is 0 Å². The summed E-state index contributed by atoms with van der Waals surface area (Å²) in [6, 6.07) is 0. The van der Waals surface area contributed by atoms with Crippen molar-refractivity contribution in [2.75, 3.05) is 19.7 Å². The van der Waals surface area contributed by atoms with Gasteiger partial charge in [0.1, 0.15) is 0 Å². The molecule has 1 N–H and O–H groups in total. The number of nitrogens with one attached hydrogen (secondary N) is 1. The van der Waals surface area contributed by atoms with Crippen LogP contribution in [0.5, 0.6) is 0 Å². The molecule has 0 radical (unpaired) electrons. The molecular formula is C14H27NO. The van der Waals surface area contributed by atoms with Crippen molar-refractivity contribution in [2.24, 2.45) is 17.8 Å². The second kappa shape index (κ2) is 6.02. The highest BCUT2D eigenvalue weighted by Crippen LogP contribution is 2.27. The summed E-state index contributed by atoms with van der Waals surface area (Å²) in [6.07, 6.45) is 7.54. The van der Waals surface area contributed by atoms with E-state index in [-0.39, 0.29) is 0 Å². The second-order valence-electron chi connectivity index (χ2n) is 5.94. The zero-order valence-electron chi connectivity index (χ0n) is 10.9. The molecule has 1 saturated carbocycles. The standard InChI is InChI=1S/C14H27NO/c1-11(2)14-13(7-8-16-14)10-15-9-12-5-3-4-6-12/h11-15H,3-10H2,1-2H3. The molecule has 0 aromatic rings. The van der Waals surface area contributed by atoms with E-state index in [0.29, 0.717) is 12.0 Å². The highest BCUT2D eigenvalue weighted by molar-refractivity contribution is 4.81. The van der Waals surface area contributed by atoms with Crippen LogP contribution in [0.2, 0.25) is 0 Å². The molecular weight excluding hydrogens is 198 g/mol. The van der Waals surface area contributed by atoms with Gasteiger partial charge in [-0.15, -0.1) is 0 Å². The Kier molecular flexibility index (Phi) is 4.66. The molecule has 1 aliphatic heterocycles. The molecule has 0 bridgehead atoms. The molecule has 0 aromatic heterocycles. The Morgan fingerprint density at radius 3 is 2.56 bits per heavy atom. The van der Waals surface area contributed by atoms with E-state index in [9.17, 15) is 0 Å². The van der Waals surface area contributed by atoms with Crippen molar-refractivity contribution in [2.45, 2.75) is 52.1 Å². The third-order valence-electron chi connectivity index (χ3n) is 4.23. The topological polar surface area (TPSA) is 21.3 Å². The van der Waals surface area contributed by atoms with Crippen molar-refractivity contribution in [1.82, 2.24) is 5.32 Å². The average Bonchev–Trinajstić information content (AvgIpc) is 2.87. The Labute approximate surface area is 100 Å². The Bertz CT molecular complexity index is 199. The van der Waals surface area contributed by atoms with Crippen molar-refractivity contribution in [3.05, 3.63) is 0 Å². The van der Waals surface area contributed by atoms with Crippen LogP contribution in [0, 0.1) is 17.8 Å². The fraction of sp³-hybridized carbons (Fsp3) is 1.00. The minimum atomic E-state index is 0.496. The lowest BCUT2D eigenvalue weighted by atomic mass is 9.93. The normalized spacial score (nSPS) is 31.7. The molecule has 16 heavy (non-hydrogen) atoms. The average molecular weight is 225 g/mol. The van der Waals surface area contributed by atoms with Crippen LogP contribution >= 0.6 is 0 Å². The van der Waals surface area contributed by atoms with Crippen molar-refractivity contribution in [3.63, 3.8) is 0 Å². The SMILES string of the molecule is CC(C)C1OCCC1CNCC1CCCC1. The van der Waals surface area contributed by atoms with Gasteiger partial charge in [-0.3, -0.25) is 0 Å². The van der Waals surface area contributed by atoms with Gasteiger partial charge >= 0.3 is 0 Å². The maximum atomic E-state index is 5.81. The third kappa shape index (κ3) is 3.21. The summed E-state index contributed by atoms with van der Waals surface area (Å²) >= 11 is 0. The molecule has 0 aromatic carbocycles. The summed E-state index contributed by atoms with van der Waals surface area (Å²) in [7, 11) is 0. The molecule has 2 atom stereocenters. The third-order valence-corrected chi connectivity index (χ3v) is 4.23. The lowest BCUT2D eigenvalue weighted by molar-refractivity contribution is 0.0538. The van der Waals surface area contributed by atoms with Gasteiger partial charge in [0.25, 0.3) is 0 Å². The van der Waals surface area contributed by atoms with E-state index in [1.807, 2.05) is 0 Å². The fourth-order valence-corrected chi connectivity index (χ4v) is 3.30. The van der Waals surface area contributed by atoms with Crippen LogP contribution in [0.4, 0.5) is 0 Å². The predicted molar refractivity (Wildman–Crippen MR) is 67.5 cm³/mol. The molecule has 0 spiro atoms. The fourth-order valence-electron chi connectivity index (χ4n) is 3.30. The zero-order valence-corrected chi connectivity index (χ0v) is 10.9. The Morgan fingerprint density at radius 1 is 1.12 bits per heavy atom. The number of ether oxygens (including phenoxy) is 1. The van der Waals surface area contributed by atoms with Crippen LogP contribution in [0.25, 0.3) is 0 Å². The van der Waals surface area contributed by atoms with Gasteiger partial charge < -0.3 is 10.1 Å². The van der Waals surface area contributed by atoms with Gasteiger partial charge in [0.2, 0.25) is 0 Å². The van der Waals surface area contributed by atoms with Crippen molar-refractivity contribution in [1.29, 1.82) is 0 Å². The van der Waals surface area contributed by atoms with Crippen LogP contribution in [0.3, 0.4) is 0 Å². The Hall–Kier alpha value is -0.0800. The van der Waals surface area contributed by atoms with Crippen LogP contribution in [0.15, 0.2) is 0 Å². The predicted octanol–water partition coefficient (Wildman–Crippen LogP) is 2.83. The van der Waals surface area contributed by atoms with E-state index in [1.165, 1.54) is 45.2 Å². The minimum absolute atomic E-state index is 0.496. The summed E-state index contributed by atoms with van der Waals surface area (Å²) < 4.78 is 5.81. The highest BCUT2D eigenvalue weighted by atomic mass is 16.5. The van der Waals surface area contributed by atoms with E-state index >= 15 is 0 Å². The van der Waals surface area contributed by atoms with Crippen LogP contribution in [0.1, 0.15) is 46.0 Å². The van der Waals surface area contributed by atoms with Crippen molar-refractivity contribution < 1.29 is 4.74 Å². The smallest absolute Gasteiger partial charge is 0.0639 e. The molecule has 1 aliphatic carbocycles. The molecule has 94 valence electrons. The Balaban J connectivity index is 1.64. The zero-order chi connectivity index (χ0) is 11.4. The first-order chi connectivity index (χ1) is 7.77. The van der Waals surface area contributed by atoms with E-state index in [1.54, 1.807) is 0 Å². The van der Waals surface area contributed by atoms with Gasteiger partial charge in [-0.25, -0.2) is 0 Å². The van der Waals surface area contributed by atoms with Crippen LogP contribution < -0.4 is 5.32 Å². The van der Waals surface area contributed by atoms with Gasteiger partial charge in [0.15, 0.2) is 0 Å². The first kappa shape index (κ1) is 12.4. The summed E-state index contributed by atoms with van der Waals surface area (Å²) in [5.74, 6) is 2.38. The first-order valence-corrected chi connectivity index (χ1v) is 7.09. The summed E-state index contributed by atoms with van der Waals surface area (Å²) in [5.41, 5.74) is 0. The molecule has 2 aliphatic rings. The molecule has 2 rings (SSSR count). The number of rotatable bonds is 5. The molecule has 2 unspecified atom stereocenters. The minimum Gasteiger partial charge on any atom is -0.378 e. The van der Waals surface area contributed by atoms with Crippen molar-refractivity contribution in [3.8, 4) is 0 Å². The lowest BCUT2D eigenvalue weighted by Crippen LogP contribution is -2.33. The molecule has 2 nitrogen and oxygen atoms in total. The Morgan fingerprint density at radius 2 is 1.88 bits per heavy atom. The highest BCUT2D eigenvalue weighted by Gasteiger charge is 2.30. The largest absolute Gasteiger partial charge is 0.378 e. The van der Waals surface area contributed by atoms with Crippen LogP contribution in [-0.4, -0.2) is 25.8 Å². The first-order valence-electron chi connectivity index (χ1n) is 7.09. The van der Waals surface area contributed by atoms with E-state index in [4.69, 9.17) is 4.74 Å². The van der Waals surface area contributed by atoms with E-state index in [0.717, 1.165) is 18.4 Å². The van der Waals surface area contributed by atoms with Gasteiger partial charge in [0.05, 0.1) is 6.10 Å². The monoisotopic (exact) mass is 225 g/mol. The summed E-state index contributed by atoms with van der Waals surface area (Å²) in [4.78, 5) is 0. The molecule has 1 heterocycles. The van der Waals surface area contributed by atoms with Crippen molar-refractivity contribution >= 4 is 0 Å². The van der Waals surface area contributed by atoms with Gasteiger partial charge in [-0.1, -0.05) is 26.7 Å². The molecule has 2 heteroatoms. The van der Waals surface area contributed by atoms with E-state index in [2.05, 4.69) is 19.2 Å². The van der Waals surface area contributed by atoms with Gasteiger partial charge in [-0.2, -0.15) is 0 Å². The molecule has 0 amide bonds.